The normalized spacial score (nSPS) is 17.7. The Kier molecular flexibility index (Phi) is 6.00. The lowest BCUT2D eigenvalue weighted by atomic mass is 10.1. The second-order valence-electron chi connectivity index (χ2n) is 8.34. The minimum atomic E-state index is -0.196. The number of carbonyl (C=O) groups excluding carboxylic acids is 1. The summed E-state index contributed by atoms with van der Waals surface area (Å²) >= 11 is 3.55. The Morgan fingerprint density at radius 3 is 2.36 bits per heavy atom. The highest BCUT2D eigenvalue weighted by Gasteiger charge is 2.35. The average Bonchev–Trinajstić information content (AvgIpc) is 3.08. The van der Waals surface area contributed by atoms with Crippen LogP contribution in [-0.2, 0) is 4.79 Å². The number of aliphatic imine (C=N–C) groups is 1. The summed E-state index contributed by atoms with van der Waals surface area (Å²) in [6, 6.07) is 20.5. The van der Waals surface area contributed by atoms with Crippen LogP contribution in [0.15, 0.2) is 76.2 Å². The fraction of sp³-hybridized carbons (Fsp3) is 0.231. The molecule has 2 aliphatic heterocycles. The summed E-state index contributed by atoms with van der Waals surface area (Å²) in [4.78, 5) is 24.2. The number of anilines is 2. The highest BCUT2D eigenvalue weighted by atomic mass is 79.9. The fourth-order valence-corrected chi connectivity index (χ4v) is 4.70. The van der Waals surface area contributed by atoms with E-state index in [1.807, 2.05) is 61.5 Å². The van der Waals surface area contributed by atoms with Crippen LogP contribution in [0.4, 0.5) is 21.5 Å². The summed E-state index contributed by atoms with van der Waals surface area (Å²) in [6.45, 7) is 5.42. The van der Waals surface area contributed by atoms with Crippen molar-refractivity contribution in [3.63, 3.8) is 0 Å². The lowest BCUT2D eigenvalue weighted by Crippen LogP contribution is -2.51. The van der Waals surface area contributed by atoms with Crippen LogP contribution in [-0.4, -0.2) is 49.4 Å². The van der Waals surface area contributed by atoms with Gasteiger partial charge in [-0.25, -0.2) is 9.38 Å². The second-order valence-corrected chi connectivity index (χ2v) is 9.20. The first kappa shape index (κ1) is 21.8. The van der Waals surface area contributed by atoms with Gasteiger partial charge in [-0.2, -0.15) is 0 Å². The minimum Gasteiger partial charge on any atom is -0.367 e. The molecule has 7 heteroatoms. The quantitative estimate of drug-likeness (QED) is 0.491. The highest BCUT2D eigenvalue weighted by molar-refractivity contribution is 9.10. The molecular formula is C26H24BrFN4O. The van der Waals surface area contributed by atoms with Gasteiger partial charge in [-0.1, -0.05) is 52.3 Å². The van der Waals surface area contributed by atoms with Gasteiger partial charge in [0.1, 0.15) is 11.5 Å². The zero-order chi connectivity index (χ0) is 22.9. The molecular weight excluding hydrogens is 483 g/mol. The van der Waals surface area contributed by atoms with E-state index in [9.17, 15) is 9.18 Å². The Hall–Kier alpha value is -3.03. The lowest BCUT2D eigenvalue weighted by Gasteiger charge is -2.37. The van der Waals surface area contributed by atoms with Gasteiger partial charge in [-0.15, -0.1) is 0 Å². The molecule has 33 heavy (non-hydrogen) atoms. The smallest absolute Gasteiger partial charge is 0.278 e. The van der Waals surface area contributed by atoms with Gasteiger partial charge in [0.15, 0.2) is 0 Å². The summed E-state index contributed by atoms with van der Waals surface area (Å²) in [7, 11) is 0. The van der Waals surface area contributed by atoms with E-state index >= 15 is 0 Å². The molecule has 1 amide bonds. The zero-order valence-electron chi connectivity index (χ0n) is 18.3. The first-order chi connectivity index (χ1) is 16.0. The Labute approximate surface area is 201 Å². The van der Waals surface area contributed by atoms with Gasteiger partial charge in [0, 0.05) is 36.2 Å². The van der Waals surface area contributed by atoms with Gasteiger partial charge < -0.3 is 4.90 Å². The number of rotatable bonds is 4. The van der Waals surface area contributed by atoms with Crippen LogP contribution in [0.3, 0.4) is 0 Å². The van der Waals surface area contributed by atoms with Crippen molar-refractivity contribution in [2.75, 3.05) is 42.6 Å². The SMILES string of the molecule is Cc1ccc(N=C2C(=O)N(CN3CCN(c4ccccc4F)CC3)c3ccccc32)cc1Br. The molecule has 0 radical (unpaired) electrons. The van der Waals surface area contributed by atoms with Crippen LogP contribution in [0.2, 0.25) is 0 Å². The van der Waals surface area contributed by atoms with Crippen molar-refractivity contribution in [2.24, 2.45) is 4.99 Å². The predicted molar refractivity (Wildman–Crippen MR) is 134 cm³/mol. The number of nitrogens with zero attached hydrogens (tertiary/aromatic N) is 4. The van der Waals surface area contributed by atoms with Crippen LogP contribution in [0.5, 0.6) is 0 Å². The van der Waals surface area contributed by atoms with E-state index in [1.54, 1.807) is 11.0 Å². The fourth-order valence-electron chi connectivity index (χ4n) is 4.33. The van der Waals surface area contributed by atoms with Crippen molar-refractivity contribution >= 4 is 44.6 Å². The van der Waals surface area contributed by atoms with E-state index < -0.39 is 0 Å². The van der Waals surface area contributed by atoms with Gasteiger partial charge >= 0.3 is 0 Å². The van der Waals surface area contributed by atoms with Crippen LogP contribution in [0, 0.1) is 12.7 Å². The summed E-state index contributed by atoms with van der Waals surface area (Å²) < 4.78 is 15.1. The van der Waals surface area contributed by atoms with Crippen molar-refractivity contribution in [3.05, 3.63) is 88.1 Å². The Balaban J connectivity index is 1.34. The van der Waals surface area contributed by atoms with Crippen molar-refractivity contribution in [3.8, 4) is 0 Å². The van der Waals surface area contributed by atoms with Gasteiger partial charge in [0.05, 0.1) is 23.7 Å². The number of fused-ring (bicyclic) bond motifs is 1. The molecule has 0 aromatic heterocycles. The molecule has 5 rings (SSSR count). The van der Waals surface area contributed by atoms with Crippen LogP contribution < -0.4 is 9.80 Å². The molecule has 5 nitrogen and oxygen atoms in total. The van der Waals surface area contributed by atoms with Crippen LogP contribution >= 0.6 is 15.9 Å². The third-order valence-corrected chi connectivity index (χ3v) is 7.06. The van der Waals surface area contributed by atoms with Gasteiger partial charge in [-0.3, -0.25) is 14.6 Å². The number of piperazine rings is 1. The summed E-state index contributed by atoms with van der Waals surface area (Å²) in [5.74, 6) is -0.289. The average molecular weight is 507 g/mol. The first-order valence-electron chi connectivity index (χ1n) is 11.0. The number of benzene rings is 3. The van der Waals surface area contributed by atoms with Crippen molar-refractivity contribution in [1.29, 1.82) is 0 Å². The number of para-hydroxylation sites is 2. The molecule has 0 bridgehead atoms. The number of amides is 1. The van der Waals surface area contributed by atoms with E-state index in [1.165, 1.54) is 6.07 Å². The predicted octanol–water partition coefficient (Wildman–Crippen LogP) is 5.14. The molecule has 2 heterocycles. The maximum absolute atomic E-state index is 14.2. The maximum Gasteiger partial charge on any atom is 0.278 e. The van der Waals surface area contributed by atoms with Crippen LogP contribution in [0.1, 0.15) is 11.1 Å². The molecule has 0 unspecified atom stereocenters. The van der Waals surface area contributed by atoms with E-state index in [-0.39, 0.29) is 11.7 Å². The third kappa shape index (κ3) is 4.30. The largest absolute Gasteiger partial charge is 0.367 e. The molecule has 0 N–H and O–H groups in total. The summed E-state index contributed by atoms with van der Waals surface area (Å²) in [5, 5.41) is 0. The van der Waals surface area contributed by atoms with E-state index in [2.05, 4.69) is 25.7 Å². The molecule has 1 saturated heterocycles. The molecule has 0 aliphatic carbocycles. The zero-order valence-corrected chi connectivity index (χ0v) is 19.9. The van der Waals surface area contributed by atoms with E-state index in [0.717, 1.165) is 40.1 Å². The summed E-state index contributed by atoms with van der Waals surface area (Å²) in [5.41, 5.74) is 4.69. The van der Waals surface area contributed by atoms with E-state index in [4.69, 9.17) is 4.99 Å². The highest BCUT2D eigenvalue weighted by Crippen LogP contribution is 2.32. The van der Waals surface area contributed by atoms with Crippen molar-refractivity contribution in [1.82, 2.24) is 4.90 Å². The number of hydrogen-bond donors (Lipinski definition) is 0. The minimum absolute atomic E-state index is 0.0931. The molecule has 0 spiro atoms. The molecule has 1 fully saturated rings. The first-order valence-corrected chi connectivity index (χ1v) is 11.8. The Bertz CT molecular complexity index is 1240. The topological polar surface area (TPSA) is 39.2 Å². The number of halogens is 2. The molecule has 168 valence electrons. The molecule has 2 aliphatic rings. The lowest BCUT2D eigenvalue weighted by molar-refractivity contribution is -0.112. The number of aryl methyl sites for hydroxylation is 1. The molecule has 0 atom stereocenters. The van der Waals surface area contributed by atoms with Crippen molar-refractivity contribution < 1.29 is 9.18 Å². The standard InChI is InChI=1S/C26H24BrFN4O/c1-18-10-11-19(16-21(18)27)29-25-20-6-2-4-8-23(20)32(26(25)33)17-30-12-14-31(15-13-30)24-9-5-3-7-22(24)28/h2-11,16H,12-15,17H2,1H3. The molecule has 0 saturated carbocycles. The maximum atomic E-state index is 14.2. The number of hydrogen-bond acceptors (Lipinski definition) is 4. The number of carbonyl (C=O) groups is 1. The van der Waals surface area contributed by atoms with Crippen LogP contribution in [0.25, 0.3) is 0 Å². The van der Waals surface area contributed by atoms with Gasteiger partial charge in [0.25, 0.3) is 5.91 Å². The van der Waals surface area contributed by atoms with Crippen molar-refractivity contribution in [2.45, 2.75) is 6.92 Å². The van der Waals surface area contributed by atoms with E-state index in [0.29, 0.717) is 31.2 Å². The Morgan fingerprint density at radius 1 is 0.939 bits per heavy atom. The Morgan fingerprint density at radius 2 is 1.64 bits per heavy atom. The monoisotopic (exact) mass is 506 g/mol. The summed E-state index contributed by atoms with van der Waals surface area (Å²) in [6.07, 6.45) is 0. The van der Waals surface area contributed by atoms with Gasteiger partial charge in [0.2, 0.25) is 0 Å². The van der Waals surface area contributed by atoms with Gasteiger partial charge in [-0.05, 0) is 42.8 Å². The second kappa shape index (κ2) is 9.08. The molecule has 3 aromatic carbocycles. The molecule has 3 aromatic rings. The third-order valence-electron chi connectivity index (χ3n) is 6.20.